The molecule has 4 rings (SSSR count). The number of ether oxygens (including phenoxy) is 3. The van der Waals surface area contributed by atoms with Crippen LogP contribution in [-0.2, 0) is 27.2 Å². The molecular formula is C18H24N2O4. The van der Waals surface area contributed by atoms with Crippen LogP contribution in [0.25, 0.3) is 0 Å². The minimum absolute atomic E-state index is 0.0732. The number of fused-ring (bicyclic) bond motifs is 1. The van der Waals surface area contributed by atoms with Gasteiger partial charge in [0.05, 0.1) is 26.4 Å². The zero-order valence-electron chi connectivity index (χ0n) is 13.9. The molecule has 0 bridgehead atoms. The van der Waals surface area contributed by atoms with E-state index >= 15 is 0 Å². The van der Waals surface area contributed by atoms with Crippen molar-refractivity contribution in [1.82, 2.24) is 9.80 Å². The molecule has 1 atom stereocenters. The Balaban J connectivity index is 1.29. The third-order valence-corrected chi connectivity index (χ3v) is 4.94. The minimum Gasteiger partial charge on any atom is -0.493 e. The van der Waals surface area contributed by atoms with Crippen molar-refractivity contribution in [3.05, 3.63) is 29.3 Å². The van der Waals surface area contributed by atoms with E-state index in [1.165, 1.54) is 11.1 Å². The monoisotopic (exact) mass is 332 g/mol. The molecular weight excluding hydrogens is 308 g/mol. The molecule has 0 spiro atoms. The summed E-state index contributed by atoms with van der Waals surface area (Å²) in [6.45, 7) is 6.52. The van der Waals surface area contributed by atoms with Crippen LogP contribution in [-0.4, -0.2) is 74.4 Å². The van der Waals surface area contributed by atoms with Gasteiger partial charge in [-0.05, 0) is 17.2 Å². The maximum Gasteiger partial charge on any atom is 0.254 e. The van der Waals surface area contributed by atoms with Gasteiger partial charge in [-0.3, -0.25) is 9.69 Å². The van der Waals surface area contributed by atoms with Gasteiger partial charge < -0.3 is 19.1 Å². The van der Waals surface area contributed by atoms with E-state index < -0.39 is 6.10 Å². The van der Waals surface area contributed by atoms with Crippen LogP contribution in [0.4, 0.5) is 0 Å². The maximum absolute atomic E-state index is 12.4. The summed E-state index contributed by atoms with van der Waals surface area (Å²) < 4.78 is 16.4. The Morgan fingerprint density at radius 3 is 2.79 bits per heavy atom. The second kappa shape index (κ2) is 7.09. The van der Waals surface area contributed by atoms with E-state index in [0.29, 0.717) is 19.8 Å². The molecule has 1 unspecified atom stereocenters. The van der Waals surface area contributed by atoms with Crippen LogP contribution in [0, 0.1) is 0 Å². The lowest BCUT2D eigenvalue weighted by Crippen LogP contribution is -2.53. The molecule has 2 fully saturated rings. The van der Waals surface area contributed by atoms with Gasteiger partial charge in [0.1, 0.15) is 5.75 Å². The van der Waals surface area contributed by atoms with Crippen LogP contribution in [0.1, 0.15) is 11.1 Å². The first-order chi connectivity index (χ1) is 11.8. The molecule has 6 nitrogen and oxygen atoms in total. The predicted molar refractivity (Wildman–Crippen MR) is 88.1 cm³/mol. The van der Waals surface area contributed by atoms with Gasteiger partial charge in [-0.1, -0.05) is 12.1 Å². The first-order valence-corrected chi connectivity index (χ1v) is 8.75. The van der Waals surface area contributed by atoms with Crippen molar-refractivity contribution in [2.75, 3.05) is 52.6 Å². The third kappa shape index (κ3) is 3.41. The lowest BCUT2D eigenvalue weighted by molar-refractivity contribution is -0.159. The van der Waals surface area contributed by atoms with E-state index in [1.807, 2.05) is 4.90 Å². The van der Waals surface area contributed by atoms with Crippen molar-refractivity contribution in [3.63, 3.8) is 0 Å². The normalized spacial score (nSPS) is 24.5. The van der Waals surface area contributed by atoms with Gasteiger partial charge >= 0.3 is 0 Å². The Bertz CT molecular complexity index is 593. The maximum atomic E-state index is 12.4. The zero-order valence-corrected chi connectivity index (χ0v) is 13.9. The largest absolute Gasteiger partial charge is 0.493 e. The van der Waals surface area contributed by atoms with Crippen LogP contribution in [0.2, 0.25) is 0 Å². The van der Waals surface area contributed by atoms with Gasteiger partial charge in [-0.15, -0.1) is 0 Å². The van der Waals surface area contributed by atoms with Crippen LogP contribution >= 0.6 is 0 Å². The van der Waals surface area contributed by atoms with Crippen molar-refractivity contribution in [2.24, 2.45) is 0 Å². The molecule has 2 saturated heterocycles. The average Bonchev–Trinajstić information content (AvgIpc) is 3.10. The third-order valence-electron chi connectivity index (χ3n) is 4.94. The lowest BCUT2D eigenvalue weighted by Gasteiger charge is -2.37. The molecule has 1 amide bonds. The number of hydrogen-bond acceptors (Lipinski definition) is 5. The number of carbonyl (C=O) groups is 1. The number of hydrogen-bond donors (Lipinski definition) is 0. The van der Waals surface area contributed by atoms with Crippen molar-refractivity contribution in [2.45, 2.75) is 19.1 Å². The molecule has 3 aliphatic rings. The van der Waals surface area contributed by atoms with Gasteiger partial charge in [0, 0.05) is 39.1 Å². The fraction of sp³-hybridized carbons (Fsp3) is 0.611. The summed E-state index contributed by atoms with van der Waals surface area (Å²) >= 11 is 0. The number of nitrogens with zero attached hydrogens (tertiary/aromatic N) is 2. The molecule has 130 valence electrons. The standard InChI is InChI=1S/C18H24N2O4/c21-18(17-13-22-9-10-24-17)20-6-4-19(5-7-20)12-14-1-2-16-15(11-14)3-8-23-16/h1-2,11,17H,3-10,12-13H2. The van der Waals surface area contributed by atoms with E-state index in [0.717, 1.165) is 51.5 Å². The summed E-state index contributed by atoms with van der Waals surface area (Å²) in [6.07, 6.45) is 0.594. The highest BCUT2D eigenvalue weighted by Crippen LogP contribution is 2.26. The number of amides is 1. The van der Waals surface area contributed by atoms with Gasteiger partial charge in [0.25, 0.3) is 5.91 Å². The molecule has 0 saturated carbocycles. The predicted octanol–water partition coefficient (Wildman–Crippen LogP) is 0.681. The highest BCUT2D eigenvalue weighted by Gasteiger charge is 2.29. The van der Waals surface area contributed by atoms with Gasteiger partial charge in [-0.25, -0.2) is 0 Å². The van der Waals surface area contributed by atoms with Crippen molar-refractivity contribution >= 4 is 5.91 Å². The lowest BCUT2D eigenvalue weighted by atomic mass is 10.1. The molecule has 0 aromatic heterocycles. The average molecular weight is 332 g/mol. The number of piperazine rings is 1. The molecule has 3 heterocycles. The Labute approximate surface area is 142 Å². The summed E-state index contributed by atoms with van der Waals surface area (Å²) in [7, 11) is 0. The number of rotatable bonds is 3. The van der Waals surface area contributed by atoms with Gasteiger partial charge in [0.15, 0.2) is 6.10 Å². The second-order valence-electron chi connectivity index (χ2n) is 6.58. The highest BCUT2D eigenvalue weighted by atomic mass is 16.6. The smallest absolute Gasteiger partial charge is 0.254 e. The first kappa shape index (κ1) is 15.9. The Morgan fingerprint density at radius 1 is 1.12 bits per heavy atom. The highest BCUT2D eigenvalue weighted by molar-refractivity contribution is 5.81. The minimum atomic E-state index is -0.415. The number of carbonyl (C=O) groups excluding carboxylic acids is 1. The summed E-state index contributed by atoms with van der Waals surface area (Å²) in [5, 5.41) is 0. The van der Waals surface area contributed by atoms with Crippen molar-refractivity contribution < 1.29 is 19.0 Å². The second-order valence-corrected chi connectivity index (χ2v) is 6.58. The van der Waals surface area contributed by atoms with Crippen LogP contribution < -0.4 is 4.74 Å². The van der Waals surface area contributed by atoms with Gasteiger partial charge in [-0.2, -0.15) is 0 Å². The van der Waals surface area contributed by atoms with E-state index in [-0.39, 0.29) is 5.91 Å². The van der Waals surface area contributed by atoms with E-state index in [9.17, 15) is 4.79 Å². The number of benzene rings is 1. The molecule has 0 radical (unpaired) electrons. The van der Waals surface area contributed by atoms with Crippen LogP contribution in [0.3, 0.4) is 0 Å². The fourth-order valence-corrected chi connectivity index (χ4v) is 3.56. The summed E-state index contributed by atoms with van der Waals surface area (Å²) in [5.74, 6) is 1.10. The molecule has 24 heavy (non-hydrogen) atoms. The van der Waals surface area contributed by atoms with Crippen LogP contribution in [0.15, 0.2) is 18.2 Å². The molecule has 0 aliphatic carbocycles. The Hall–Kier alpha value is -1.63. The van der Waals surface area contributed by atoms with Gasteiger partial charge in [0.2, 0.25) is 0 Å². The Kier molecular flexibility index (Phi) is 4.69. The van der Waals surface area contributed by atoms with E-state index in [2.05, 4.69) is 23.1 Å². The molecule has 6 heteroatoms. The molecule has 1 aromatic rings. The summed E-state index contributed by atoms with van der Waals surface area (Å²) in [5.41, 5.74) is 2.64. The molecule has 3 aliphatic heterocycles. The Morgan fingerprint density at radius 2 is 2.00 bits per heavy atom. The van der Waals surface area contributed by atoms with E-state index in [4.69, 9.17) is 14.2 Å². The zero-order chi connectivity index (χ0) is 16.4. The van der Waals surface area contributed by atoms with E-state index in [1.54, 1.807) is 0 Å². The summed E-state index contributed by atoms with van der Waals surface area (Å²) in [4.78, 5) is 16.7. The quantitative estimate of drug-likeness (QED) is 0.815. The fourth-order valence-electron chi connectivity index (χ4n) is 3.56. The van der Waals surface area contributed by atoms with Crippen molar-refractivity contribution in [3.8, 4) is 5.75 Å². The van der Waals surface area contributed by atoms with Crippen LogP contribution in [0.5, 0.6) is 5.75 Å². The van der Waals surface area contributed by atoms with Crippen molar-refractivity contribution in [1.29, 1.82) is 0 Å². The molecule has 1 aromatic carbocycles. The first-order valence-electron chi connectivity index (χ1n) is 8.75. The SMILES string of the molecule is O=C(C1COCCO1)N1CCN(Cc2ccc3c(c2)CCO3)CC1. The molecule has 0 N–H and O–H groups in total. The topological polar surface area (TPSA) is 51.2 Å². The summed E-state index contributed by atoms with van der Waals surface area (Å²) in [6, 6.07) is 6.49.